The van der Waals surface area contributed by atoms with Crippen LogP contribution in [0.2, 0.25) is 0 Å². The summed E-state index contributed by atoms with van der Waals surface area (Å²) in [6, 6.07) is 9.88. The predicted octanol–water partition coefficient (Wildman–Crippen LogP) is 0.969. The van der Waals surface area contributed by atoms with E-state index < -0.39 is 0 Å². The zero-order chi connectivity index (χ0) is 13.9. The first-order valence-corrected chi connectivity index (χ1v) is 5.98. The lowest BCUT2D eigenvalue weighted by Crippen LogP contribution is -2.15. The zero-order valence-corrected chi connectivity index (χ0v) is 10.5. The Morgan fingerprint density at radius 2 is 2.10 bits per heavy atom. The van der Waals surface area contributed by atoms with E-state index in [0.29, 0.717) is 6.54 Å². The molecule has 0 bridgehead atoms. The molecular formula is C13H12N6O. The SMILES string of the molecule is NC(=NO)c1ncn(Cc2cccc3cccnc23)n1. The Bertz CT molecular complexity index is 774. The summed E-state index contributed by atoms with van der Waals surface area (Å²) in [6.07, 6.45) is 3.30. The highest BCUT2D eigenvalue weighted by molar-refractivity contribution is 5.93. The molecule has 3 N–H and O–H groups in total. The number of benzene rings is 1. The molecule has 0 spiro atoms. The molecule has 2 aromatic heterocycles. The number of aromatic nitrogens is 4. The maximum Gasteiger partial charge on any atom is 0.219 e. The van der Waals surface area contributed by atoms with Crippen molar-refractivity contribution >= 4 is 16.7 Å². The van der Waals surface area contributed by atoms with Crippen molar-refractivity contribution in [2.45, 2.75) is 6.54 Å². The second-order valence-electron chi connectivity index (χ2n) is 4.24. The van der Waals surface area contributed by atoms with Crippen LogP contribution in [-0.2, 0) is 6.54 Å². The summed E-state index contributed by atoms with van der Waals surface area (Å²) in [5.74, 6) is 0.0838. The third-order valence-corrected chi connectivity index (χ3v) is 2.92. The summed E-state index contributed by atoms with van der Waals surface area (Å²) < 4.78 is 1.62. The first-order chi connectivity index (χ1) is 9.78. The third kappa shape index (κ3) is 2.16. The normalized spacial score (nSPS) is 11.9. The molecule has 0 saturated heterocycles. The molecule has 3 rings (SSSR count). The Balaban J connectivity index is 1.95. The number of rotatable bonds is 3. The summed E-state index contributed by atoms with van der Waals surface area (Å²) in [4.78, 5) is 8.36. The number of amidine groups is 1. The summed E-state index contributed by atoms with van der Waals surface area (Å²) in [5, 5.41) is 16.7. The number of nitrogens with two attached hydrogens (primary N) is 1. The molecule has 0 aliphatic rings. The fraction of sp³-hybridized carbons (Fsp3) is 0.0769. The molecule has 7 nitrogen and oxygen atoms in total. The van der Waals surface area contributed by atoms with E-state index >= 15 is 0 Å². The quantitative estimate of drug-likeness (QED) is 0.319. The van der Waals surface area contributed by atoms with Gasteiger partial charge in [0.05, 0.1) is 12.1 Å². The molecular weight excluding hydrogens is 256 g/mol. The van der Waals surface area contributed by atoms with Crippen molar-refractivity contribution in [2.24, 2.45) is 10.9 Å². The summed E-state index contributed by atoms with van der Waals surface area (Å²) in [7, 11) is 0. The van der Waals surface area contributed by atoms with E-state index in [4.69, 9.17) is 10.9 Å². The minimum atomic E-state index is -0.111. The van der Waals surface area contributed by atoms with Gasteiger partial charge in [-0.1, -0.05) is 29.4 Å². The molecule has 0 saturated carbocycles. The molecule has 0 unspecified atom stereocenters. The minimum absolute atomic E-state index is 0.111. The Kier molecular flexibility index (Phi) is 3.00. The largest absolute Gasteiger partial charge is 0.409 e. The van der Waals surface area contributed by atoms with Crippen molar-refractivity contribution in [2.75, 3.05) is 0 Å². The van der Waals surface area contributed by atoms with Gasteiger partial charge in [0, 0.05) is 11.6 Å². The van der Waals surface area contributed by atoms with Crippen LogP contribution in [0.25, 0.3) is 10.9 Å². The highest BCUT2D eigenvalue weighted by Gasteiger charge is 2.08. The fourth-order valence-corrected chi connectivity index (χ4v) is 2.00. The Morgan fingerprint density at radius 3 is 2.95 bits per heavy atom. The number of oxime groups is 1. The van der Waals surface area contributed by atoms with Crippen LogP contribution in [0, 0.1) is 0 Å². The average Bonchev–Trinajstić information content (AvgIpc) is 2.95. The standard InChI is InChI=1S/C13H12N6O/c14-12(18-20)13-16-8-19(17-13)7-10-4-1-3-9-5-2-6-15-11(9)10/h1-6,8,20H,7H2,(H2,14,18). The highest BCUT2D eigenvalue weighted by atomic mass is 16.4. The molecule has 0 fully saturated rings. The summed E-state index contributed by atoms with van der Waals surface area (Å²) in [5.41, 5.74) is 7.39. The van der Waals surface area contributed by atoms with Crippen LogP contribution >= 0.6 is 0 Å². The number of hydrogen-bond acceptors (Lipinski definition) is 5. The van der Waals surface area contributed by atoms with E-state index in [0.717, 1.165) is 16.5 Å². The van der Waals surface area contributed by atoms with Gasteiger partial charge in [0.25, 0.3) is 0 Å². The monoisotopic (exact) mass is 268 g/mol. The average molecular weight is 268 g/mol. The third-order valence-electron chi connectivity index (χ3n) is 2.92. The Hall–Kier alpha value is -2.96. The van der Waals surface area contributed by atoms with Gasteiger partial charge in [-0.25, -0.2) is 9.67 Å². The molecule has 7 heteroatoms. The van der Waals surface area contributed by atoms with Crippen molar-refractivity contribution in [3.05, 3.63) is 54.2 Å². The molecule has 2 heterocycles. The smallest absolute Gasteiger partial charge is 0.219 e. The Labute approximate surface area is 114 Å². The molecule has 100 valence electrons. The molecule has 0 atom stereocenters. The van der Waals surface area contributed by atoms with Crippen molar-refractivity contribution in [1.29, 1.82) is 0 Å². The molecule has 3 aromatic rings. The predicted molar refractivity (Wildman–Crippen MR) is 73.4 cm³/mol. The fourth-order valence-electron chi connectivity index (χ4n) is 2.00. The van der Waals surface area contributed by atoms with Gasteiger partial charge in [-0.15, -0.1) is 5.10 Å². The molecule has 0 aliphatic carbocycles. The van der Waals surface area contributed by atoms with Crippen molar-refractivity contribution < 1.29 is 5.21 Å². The molecule has 1 aromatic carbocycles. The zero-order valence-electron chi connectivity index (χ0n) is 10.5. The number of hydrogen-bond donors (Lipinski definition) is 2. The van der Waals surface area contributed by atoms with Crippen molar-refractivity contribution in [3.8, 4) is 0 Å². The maximum atomic E-state index is 8.59. The minimum Gasteiger partial charge on any atom is -0.409 e. The van der Waals surface area contributed by atoms with Gasteiger partial charge in [-0.3, -0.25) is 4.98 Å². The van der Waals surface area contributed by atoms with Crippen LogP contribution in [0.1, 0.15) is 11.4 Å². The molecule has 20 heavy (non-hydrogen) atoms. The molecule has 0 radical (unpaired) electrons. The van der Waals surface area contributed by atoms with E-state index in [1.165, 1.54) is 6.33 Å². The number of para-hydroxylation sites is 1. The Morgan fingerprint density at radius 1 is 1.25 bits per heavy atom. The van der Waals surface area contributed by atoms with E-state index in [1.54, 1.807) is 10.9 Å². The van der Waals surface area contributed by atoms with Crippen LogP contribution in [0.3, 0.4) is 0 Å². The van der Waals surface area contributed by atoms with Crippen molar-refractivity contribution in [3.63, 3.8) is 0 Å². The second kappa shape index (κ2) is 4.96. The first-order valence-electron chi connectivity index (χ1n) is 5.98. The van der Waals surface area contributed by atoms with Gasteiger partial charge in [-0.05, 0) is 11.6 Å². The van der Waals surface area contributed by atoms with Crippen LogP contribution < -0.4 is 5.73 Å². The van der Waals surface area contributed by atoms with Crippen LogP contribution in [0.15, 0.2) is 48.0 Å². The van der Waals surface area contributed by atoms with Crippen molar-refractivity contribution in [1.82, 2.24) is 19.7 Å². The molecule has 0 amide bonds. The van der Waals surface area contributed by atoms with Gasteiger partial charge in [0.2, 0.25) is 11.7 Å². The lowest BCUT2D eigenvalue weighted by Gasteiger charge is -2.05. The van der Waals surface area contributed by atoms with E-state index in [-0.39, 0.29) is 11.7 Å². The van der Waals surface area contributed by atoms with Crippen LogP contribution in [0.4, 0.5) is 0 Å². The molecule has 0 aliphatic heterocycles. The number of fused-ring (bicyclic) bond motifs is 1. The van der Waals surface area contributed by atoms with Gasteiger partial charge < -0.3 is 10.9 Å². The summed E-state index contributed by atoms with van der Waals surface area (Å²) in [6.45, 7) is 0.514. The lowest BCUT2D eigenvalue weighted by molar-refractivity contribution is 0.318. The van der Waals surface area contributed by atoms with Gasteiger partial charge in [-0.2, -0.15) is 0 Å². The van der Waals surface area contributed by atoms with Gasteiger partial charge in [0.1, 0.15) is 6.33 Å². The second-order valence-corrected chi connectivity index (χ2v) is 4.24. The highest BCUT2D eigenvalue weighted by Crippen LogP contribution is 2.16. The topological polar surface area (TPSA) is 102 Å². The first kappa shape index (κ1) is 12.1. The lowest BCUT2D eigenvalue weighted by atomic mass is 10.1. The maximum absolute atomic E-state index is 8.59. The van der Waals surface area contributed by atoms with Gasteiger partial charge >= 0.3 is 0 Å². The number of pyridine rings is 1. The van der Waals surface area contributed by atoms with E-state index in [1.807, 2.05) is 30.3 Å². The summed E-state index contributed by atoms with van der Waals surface area (Å²) >= 11 is 0. The number of nitrogens with zero attached hydrogens (tertiary/aromatic N) is 5. The van der Waals surface area contributed by atoms with Crippen LogP contribution in [0.5, 0.6) is 0 Å². The van der Waals surface area contributed by atoms with Gasteiger partial charge in [0.15, 0.2) is 0 Å². The van der Waals surface area contributed by atoms with E-state index in [9.17, 15) is 0 Å². The van der Waals surface area contributed by atoms with Crippen LogP contribution in [-0.4, -0.2) is 30.8 Å². The van der Waals surface area contributed by atoms with E-state index in [2.05, 4.69) is 20.2 Å².